The van der Waals surface area contributed by atoms with E-state index in [2.05, 4.69) is 26.6 Å². The van der Waals surface area contributed by atoms with Crippen molar-refractivity contribution in [3.63, 3.8) is 0 Å². The minimum atomic E-state index is -1.10. The first kappa shape index (κ1) is 40.2. The molecule has 1 unspecified atom stereocenters. The van der Waals surface area contributed by atoms with Crippen LogP contribution in [0.15, 0.2) is 121 Å². The van der Waals surface area contributed by atoms with Gasteiger partial charge in [-0.2, -0.15) is 0 Å². The van der Waals surface area contributed by atoms with Crippen LogP contribution in [-0.4, -0.2) is 74.2 Å². The number of amides is 5. The molecular formula is C40H43N5O9. The van der Waals surface area contributed by atoms with E-state index in [9.17, 15) is 28.8 Å². The van der Waals surface area contributed by atoms with Crippen molar-refractivity contribution in [2.24, 2.45) is 0 Å². The second kappa shape index (κ2) is 22.4. The zero-order chi connectivity index (χ0) is 38.4. The lowest BCUT2D eigenvalue weighted by Gasteiger charge is -2.19. The summed E-state index contributed by atoms with van der Waals surface area (Å²) in [7, 11) is 0. The highest BCUT2D eigenvalue weighted by Gasteiger charge is 2.24. The predicted octanol–water partition coefficient (Wildman–Crippen LogP) is 2.32. The van der Waals surface area contributed by atoms with Gasteiger partial charge in [-0.05, 0) is 22.3 Å². The van der Waals surface area contributed by atoms with Crippen LogP contribution in [0, 0.1) is 0 Å². The Bertz CT molecular complexity index is 1800. The highest BCUT2D eigenvalue weighted by atomic mass is 16.6. The van der Waals surface area contributed by atoms with Crippen LogP contribution in [0.1, 0.15) is 22.3 Å². The van der Waals surface area contributed by atoms with Gasteiger partial charge in [0, 0.05) is 12.8 Å². The van der Waals surface area contributed by atoms with Crippen LogP contribution in [0.5, 0.6) is 0 Å². The van der Waals surface area contributed by atoms with Crippen molar-refractivity contribution in [3.8, 4) is 0 Å². The average Bonchev–Trinajstić information content (AvgIpc) is 3.20. The minimum absolute atomic E-state index is 0.0260. The molecule has 0 bridgehead atoms. The standard InChI is InChI=1S/C40H43N5O9/c46-35(24-43-40(51)53-27-32-19-11-4-12-20-32)41-25-37(48)45-33(21-29-13-5-1-6-14-29)38(49)42-23-36(47)44-28-54-34(22-30-15-7-2-8-16-30)39(50)52-26-31-17-9-3-10-18-31/h1-20,33-34H,21-28H2,(H,41,46)(H,42,49)(H,43,51)(H,44,47)(H,45,48)/t33-,34?/m0/s1. The molecule has 0 heterocycles. The third-order valence-electron chi connectivity index (χ3n) is 7.71. The molecule has 4 rings (SSSR count). The fourth-order valence-electron chi connectivity index (χ4n) is 4.91. The van der Waals surface area contributed by atoms with E-state index in [0.717, 1.165) is 22.3 Å². The van der Waals surface area contributed by atoms with Gasteiger partial charge < -0.3 is 40.8 Å². The van der Waals surface area contributed by atoms with E-state index in [1.807, 2.05) is 66.7 Å². The molecule has 54 heavy (non-hydrogen) atoms. The van der Waals surface area contributed by atoms with Crippen molar-refractivity contribution in [3.05, 3.63) is 144 Å². The number of benzene rings is 4. The van der Waals surface area contributed by atoms with Crippen LogP contribution in [0.4, 0.5) is 4.79 Å². The largest absolute Gasteiger partial charge is 0.459 e. The number of alkyl carbamates (subject to hydrolysis) is 1. The third kappa shape index (κ3) is 15.4. The molecular weight excluding hydrogens is 694 g/mol. The Morgan fingerprint density at radius 3 is 1.52 bits per heavy atom. The Balaban J connectivity index is 1.22. The molecule has 0 aromatic heterocycles. The molecule has 282 valence electrons. The smallest absolute Gasteiger partial charge is 0.407 e. The second-order valence-corrected chi connectivity index (χ2v) is 11.9. The van der Waals surface area contributed by atoms with Crippen LogP contribution in [0.25, 0.3) is 0 Å². The number of ether oxygens (including phenoxy) is 3. The number of nitrogens with one attached hydrogen (secondary N) is 5. The number of carbonyl (C=O) groups is 6. The van der Waals surface area contributed by atoms with E-state index >= 15 is 0 Å². The number of rotatable bonds is 20. The highest BCUT2D eigenvalue weighted by molar-refractivity contribution is 5.92. The molecule has 4 aromatic rings. The lowest BCUT2D eigenvalue weighted by molar-refractivity contribution is -0.159. The zero-order valence-electron chi connectivity index (χ0n) is 29.5. The summed E-state index contributed by atoms with van der Waals surface area (Å²) >= 11 is 0. The van der Waals surface area contributed by atoms with Gasteiger partial charge in [0.05, 0.1) is 13.1 Å². The average molecular weight is 738 g/mol. The molecule has 14 heteroatoms. The van der Waals surface area contributed by atoms with Crippen molar-refractivity contribution in [2.75, 3.05) is 26.4 Å². The van der Waals surface area contributed by atoms with Gasteiger partial charge >= 0.3 is 12.1 Å². The van der Waals surface area contributed by atoms with Crippen LogP contribution in [0.3, 0.4) is 0 Å². The summed E-state index contributed by atoms with van der Waals surface area (Å²) in [6, 6.07) is 35.2. The second-order valence-electron chi connectivity index (χ2n) is 11.9. The Hall–Kier alpha value is -6.54. The van der Waals surface area contributed by atoms with Crippen molar-refractivity contribution < 1.29 is 43.0 Å². The van der Waals surface area contributed by atoms with Gasteiger partial charge in [-0.3, -0.25) is 19.2 Å². The van der Waals surface area contributed by atoms with Crippen LogP contribution in [0.2, 0.25) is 0 Å². The molecule has 0 aliphatic heterocycles. The lowest BCUT2D eigenvalue weighted by Crippen LogP contribution is -2.52. The lowest BCUT2D eigenvalue weighted by atomic mass is 10.1. The normalized spacial score (nSPS) is 11.6. The highest BCUT2D eigenvalue weighted by Crippen LogP contribution is 2.10. The van der Waals surface area contributed by atoms with Gasteiger partial charge in [0.1, 0.15) is 32.5 Å². The molecule has 0 saturated carbocycles. The Labute approximate surface area is 313 Å². The van der Waals surface area contributed by atoms with E-state index < -0.39 is 67.5 Å². The number of hydrogen-bond donors (Lipinski definition) is 5. The van der Waals surface area contributed by atoms with E-state index in [1.165, 1.54) is 0 Å². The quantitative estimate of drug-likeness (QED) is 0.0670. The third-order valence-corrected chi connectivity index (χ3v) is 7.71. The van der Waals surface area contributed by atoms with E-state index in [4.69, 9.17) is 14.2 Å². The predicted molar refractivity (Wildman–Crippen MR) is 197 cm³/mol. The summed E-state index contributed by atoms with van der Waals surface area (Å²) in [5.41, 5.74) is 3.16. The van der Waals surface area contributed by atoms with Gasteiger partial charge in [0.25, 0.3) is 0 Å². The molecule has 4 aromatic carbocycles. The summed E-state index contributed by atoms with van der Waals surface area (Å²) in [5, 5.41) is 12.3. The van der Waals surface area contributed by atoms with E-state index in [0.29, 0.717) is 0 Å². The maximum absolute atomic E-state index is 13.2. The summed E-state index contributed by atoms with van der Waals surface area (Å²) in [4.78, 5) is 75.7. The summed E-state index contributed by atoms with van der Waals surface area (Å²) in [6.07, 6.45) is -1.51. The topological polar surface area (TPSA) is 190 Å². The van der Waals surface area contributed by atoms with Crippen molar-refractivity contribution in [2.45, 2.75) is 38.2 Å². The molecule has 2 atom stereocenters. The van der Waals surface area contributed by atoms with Gasteiger partial charge in [0.2, 0.25) is 23.6 Å². The van der Waals surface area contributed by atoms with Gasteiger partial charge in [-0.15, -0.1) is 0 Å². The first-order valence-corrected chi connectivity index (χ1v) is 17.2. The Morgan fingerprint density at radius 2 is 0.944 bits per heavy atom. The van der Waals surface area contributed by atoms with Crippen LogP contribution < -0.4 is 26.6 Å². The summed E-state index contributed by atoms with van der Waals surface area (Å²) in [6.45, 7) is -1.62. The summed E-state index contributed by atoms with van der Waals surface area (Å²) in [5.74, 6) is -3.18. The van der Waals surface area contributed by atoms with Crippen molar-refractivity contribution >= 4 is 35.7 Å². The molecule has 0 radical (unpaired) electrons. The fourth-order valence-corrected chi connectivity index (χ4v) is 4.91. The van der Waals surface area contributed by atoms with E-state index in [1.54, 1.807) is 54.6 Å². The molecule has 14 nitrogen and oxygen atoms in total. The van der Waals surface area contributed by atoms with Gasteiger partial charge in [0.15, 0.2) is 6.10 Å². The van der Waals surface area contributed by atoms with Gasteiger partial charge in [-0.25, -0.2) is 9.59 Å². The number of hydrogen-bond acceptors (Lipinski definition) is 9. The fraction of sp³-hybridized carbons (Fsp3) is 0.250. The Morgan fingerprint density at radius 1 is 0.481 bits per heavy atom. The molecule has 5 amide bonds. The van der Waals surface area contributed by atoms with Crippen LogP contribution in [-0.2, 0) is 64.2 Å². The Kier molecular flexibility index (Phi) is 16.7. The van der Waals surface area contributed by atoms with Crippen molar-refractivity contribution in [1.29, 1.82) is 0 Å². The molecule has 0 spiro atoms. The van der Waals surface area contributed by atoms with Crippen molar-refractivity contribution in [1.82, 2.24) is 26.6 Å². The number of carbonyl (C=O) groups excluding carboxylic acids is 6. The zero-order valence-corrected chi connectivity index (χ0v) is 29.5. The maximum Gasteiger partial charge on any atom is 0.407 e. The van der Waals surface area contributed by atoms with Gasteiger partial charge in [-0.1, -0.05) is 121 Å². The molecule has 0 aliphatic rings. The molecule has 0 aliphatic carbocycles. The number of esters is 1. The first-order valence-electron chi connectivity index (χ1n) is 17.2. The van der Waals surface area contributed by atoms with Crippen LogP contribution >= 0.6 is 0 Å². The monoisotopic (exact) mass is 737 g/mol. The SMILES string of the molecule is O=C(CNC(=O)OCc1ccccc1)NCC(=O)N[C@@H](Cc1ccccc1)C(=O)NCC(=O)NCOC(Cc1ccccc1)C(=O)OCc1ccccc1. The molecule has 5 N–H and O–H groups in total. The summed E-state index contributed by atoms with van der Waals surface area (Å²) < 4.78 is 16.2. The minimum Gasteiger partial charge on any atom is -0.459 e. The van der Waals surface area contributed by atoms with E-state index in [-0.39, 0.29) is 32.8 Å². The first-order chi connectivity index (χ1) is 26.2. The molecule has 0 saturated heterocycles. The maximum atomic E-state index is 13.2. The molecule has 0 fully saturated rings.